The van der Waals surface area contributed by atoms with E-state index in [1.165, 1.54) is 4.31 Å². The molecule has 1 N–H and O–H groups in total. The summed E-state index contributed by atoms with van der Waals surface area (Å²) in [5.74, 6) is 0.745. The van der Waals surface area contributed by atoms with Gasteiger partial charge in [-0.3, -0.25) is 4.68 Å². The summed E-state index contributed by atoms with van der Waals surface area (Å²) >= 11 is 0. The Bertz CT molecular complexity index is 748. The molecule has 0 atom stereocenters. The van der Waals surface area contributed by atoms with Crippen LogP contribution >= 0.6 is 24.8 Å². The summed E-state index contributed by atoms with van der Waals surface area (Å²) in [5.41, 5.74) is 1.91. The van der Waals surface area contributed by atoms with E-state index in [9.17, 15) is 8.42 Å². The van der Waals surface area contributed by atoms with Crippen molar-refractivity contribution in [3.05, 3.63) is 24.2 Å². The normalized spacial score (nSPS) is 14.0. The Morgan fingerprint density at radius 1 is 1.33 bits per heavy atom. The van der Waals surface area contributed by atoms with Crippen molar-refractivity contribution in [2.45, 2.75) is 19.6 Å². The Balaban J connectivity index is 0.00000144. The standard InChI is InChI=1S/C13H20N6O2S.2ClH/c1-17(2)22(20,21)8-7-18-5-4-15-13(18)12-9-11-10-14-3-6-19(11)16-12;;/h4-5,9,14H,3,6-8,10H2,1-2H3;2*1H. The van der Waals surface area contributed by atoms with Crippen molar-refractivity contribution in [2.75, 3.05) is 26.4 Å². The van der Waals surface area contributed by atoms with Gasteiger partial charge in [-0.2, -0.15) is 5.10 Å². The minimum atomic E-state index is -3.23. The van der Waals surface area contributed by atoms with Crippen LogP contribution in [0.5, 0.6) is 0 Å². The van der Waals surface area contributed by atoms with Crippen molar-refractivity contribution in [1.82, 2.24) is 29.0 Å². The Hall–Kier alpha value is -1.13. The lowest BCUT2D eigenvalue weighted by atomic mass is 10.3. The number of imidazole rings is 1. The highest BCUT2D eigenvalue weighted by Crippen LogP contribution is 2.19. The van der Waals surface area contributed by atoms with Gasteiger partial charge < -0.3 is 9.88 Å². The van der Waals surface area contributed by atoms with Crippen molar-refractivity contribution in [1.29, 1.82) is 0 Å². The van der Waals surface area contributed by atoms with Crippen LogP contribution in [0.15, 0.2) is 18.5 Å². The SMILES string of the molecule is CN(C)S(=O)(=O)CCn1ccnc1-c1cc2n(n1)CCNC2.Cl.Cl. The van der Waals surface area contributed by atoms with E-state index in [0.29, 0.717) is 12.4 Å². The molecule has 0 saturated carbocycles. The third kappa shape index (κ3) is 4.28. The van der Waals surface area contributed by atoms with E-state index in [1.54, 1.807) is 26.5 Å². The van der Waals surface area contributed by atoms with E-state index in [0.717, 1.165) is 31.0 Å². The quantitative estimate of drug-likeness (QED) is 0.798. The molecular formula is C13H22Cl2N6O2S. The molecule has 0 fully saturated rings. The van der Waals surface area contributed by atoms with E-state index >= 15 is 0 Å². The van der Waals surface area contributed by atoms with Crippen LogP contribution in [0.25, 0.3) is 11.5 Å². The fourth-order valence-corrected chi connectivity index (χ4v) is 3.21. The molecule has 0 aliphatic carbocycles. The molecule has 3 rings (SSSR count). The molecule has 0 bridgehead atoms. The molecule has 0 spiro atoms. The number of sulfonamides is 1. The minimum absolute atomic E-state index is 0. The molecular weight excluding hydrogens is 375 g/mol. The highest BCUT2D eigenvalue weighted by Gasteiger charge is 2.18. The van der Waals surface area contributed by atoms with Gasteiger partial charge in [-0.15, -0.1) is 24.8 Å². The third-order valence-corrected chi connectivity index (χ3v) is 5.57. The predicted molar refractivity (Wildman–Crippen MR) is 97.1 cm³/mol. The molecule has 8 nitrogen and oxygen atoms in total. The largest absolute Gasteiger partial charge is 0.329 e. The Labute approximate surface area is 154 Å². The van der Waals surface area contributed by atoms with Crippen LogP contribution in [-0.4, -0.2) is 58.4 Å². The Morgan fingerprint density at radius 2 is 2.08 bits per heavy atom. The topological polar surface area (TPSA) is 85.1 Å². The molecule has 0 saturated heterocycles. The fourth-order valence-electron chi connectivity index (χ4n) is 2.42. The number of nitrogens with zero attached hydrogens (tertiary/aromatic N) is 5. The van der Waals surface area contributed by atoms with Gasteiger partial charge in [-0.05, 0) is 6.07 Å². The number of hydrogen-bond donors (Lipinski definition) is 1. The first-order valence-electron chi connectivity index (χ1n) is 7.16. The molecule has 11 heteroatoms. The molecule has 2 aromatic heterocycles. The number of nitrogens with one attached hydrogen (secondary N) is 1. The summed E-state index contributed by atoms with van der Waals surface area (Å²) in [4.78, 5) is 4.33. The molecule has 0 unspecified atom stereocenters. The maximum Gasteiger partial charge on any atom is 0.215 e. The summed E-state index contributed by atoms with van der Waals surface area (Å²) < 4.78 is 28.8. The van der Waals surface area contributed by atoms with Crippen molar-refractivity contribution in [3.8, 4) is 11.5 Å². The molecule has 1 aliphatic heterocycles. The number of rotatable bonds is 5. The van der Waals surface area contributed by atoms with Crippen LogP contribution in [0.4, 0.5) is 0 Å². The highest BCUT2D eigenvalue weighted by molar-refractivity contribution is 7.89. The fraction of sp³-hybridized carbons (Fsp3) is 0.538. The summed E-state index contributed by atoms with van der Waals surface area (Å²) in [7, 11) is -0.142. The first-order chi connectivity index (χ1) is 10.5. The van der Waals surface area contributed by atoms with Crippen molar-refractivity contribution in [3.63, 3.8) is 0 Å². The van der Waals surface area contributed by atoms with Gasteiger partial charge in [0.2, 0.25) is 10.0 Å². The second-order valence-electron chi connectivity index (χ2n) is 5.46. The molecule has 136 valence electrons. The second-order valence-corrected chi connectivity index (χ2v) is 7.77. The number of aryl methyl sites for hydroxylation is 1. The maximum atomic E-state index is 11.9. The lowest BCUT2D eigenvalue weighted by molar-refractivity contribution is 0.476. The number of halogens is 2. The molecule has 0 amide bonds. The van der Waals surface area contributed by atoms with E-state index in [4.69, 9.17) is 0 Å². The molecule has 3 heterocycles. The molecule has 0 aromatic carbocycles. The zero-order chi connectivity index (χ0) is 15.7. The van der Waals surface area contributed by atoms with Crippen LogP contribution < -0.4 is 5.32 Å². The highest BCUT2D eigenvalue weighted by atomic mass is 35.5. The number of aromatic nitrogens is 4. The summed E-state index contributed by atoms with van der Waals surface area (Å²) in [5, 5.41) is 7.87. The van der Waals surface area contributed by atoms with E-state index in [1.807, 2.05) is 15.3 Å². The van der Waals surface area contributed by atoms with Crippen molar-refractivity contribution < 1.29 is 8.42 Å². The van der Waals surface area contributed by atoms with E-state index in [-0.39, 0.29) is 30.6 Å². The van der Waals surface area contributed by atoms with Crippen LogP contribution in [0.2, 0.25) is 0 Å². The van der Waals surface area contributed by atoms with Crippen LogP contribution in [0.1, 0.15) is 5.69 Å². The molecule has 1 aliphatic rings. The van der Waals surface area contributed by atoms with Gasteiger partial charge in [0.25, 0.3) is 0 Å². The zero-order valence-electron chi connectivity index (χ0n) is 13.5. The van der Waals surface area contributed by atoms with Gasteiger partial charge in [0.15, 0.2) is 5.82 Å². The average molecular weight is 397 g/mol. The average Bonchev–Trinajstić information content (AvgIpc) is 3.10. The predicted octanol–water partition coefficient (Wildman–Crippen LogP) is 0.585. The monoisotopic (exact) mass is 396 g/mol. The number of fused-ring (bicyclic) bond motifs is 1. The van der Waals surface area contributed by atoms with Crippen LogP contribution in [0, 0.1) is 0 Å². The van der Waals surface area contributed by atoms with Gasteiger partial charge in [0.05, 0.1) is 18.0 Å². The van der Waals surface area contributed by atoms with Gasteiger partial charge in [-0.25, -0.2) is 17.7 Å². The lowest BCUT2D eigenvalue weighted by Crippen LogP contribution is -2.28. The van der Waals surface area contributed by atoms with Crippen molar-refractivity contribution >= 4 is 34.8 Å². The molecule has 24 heavy (non-hydrogen) atoms. The smallest absolute Gasteiger partial charge is 0.215 e. The van der Waals surface area contributed by atoms with Crippen LogP contribution in [-0.2, 0) is 29.7 Å². The summed E-state index contributed by atoms with van der Waals surface area (Å²) in [6, 6.07) is 2.01. The van der Waals surface area contributed by atoms with Crippen molar-refractivity contribution in [2.24, 2.45) is 0 Å². The zero-order valence-corrected chi connectivity index (χ0v) is 16.0. The maximum absolute atomic E-state index is 11.9. The van der Waals surface area contributed by atoms with E-state index < -0.39 is 10.0 Å². The summed E-state index contributed by atoms with van der Waals surface area (Å²) in [6.45, 7) is 2.90. The van der Waals surface area contributed by atoms with Crippen LogP contribution in [0.3, 0.4) is 0 Å². The van der Waals surface area contributed by atoms with Gasteiger partial charge in [0, 0.05) is 46.1 Å². The van der Waals surface area contributed by atoms with Gasteiger partial charge in [0.1, 0.15) is 5.69 Å². The Morgan fingerprint density at radius 3 is 2.75 bits per heavy atom. The van der Waals surface area contributed by atoms with Gasteiger partial charge in [-0.1, -0.05) is 0 Å². The minimum Gasteiger partial charge on any atom is -0.329 e. The number of hydrogen-bond acceptors (Lipinski definition) is 5. The first-order valence-corrected chi connectivity index (χ1v) is 8.77. The van der Waals surface area contributed by atoms with E-state index in [2.05, 4.69) is 15.4 Å². The first kappa shape index (κ1) is 20.9. The Kier molecular flexibility index (Phi) is 7.24. The third-order valence-electron chi connectivity index (χ3n) is 3.76. The lowest BCUT2D eigenvalue weighted by Gasteiger charge is -2.13. The summed E-state index contributed by atoms with van der Waals surface area (Å²) in [6.07, 6.45) is 3.46. The van der Waals surface area contributed by atoms with Gasteiger partial charge >= 0.3 is 0 Å². The molecule has 0 radical (unpaired) electrons. The second kappa shape index (κ2) is 8.30. The molecule has 2 aromatic rings.